The van der Waals surface area contributed by atoms with E-state index in [1.54, 1.807) is 13.2 Å². The van der Waals surface area contributed by atoms with Crippen molar-refractivity contribution in [2.45, 2.75) is 0 Å². The lowest BCUT2D eigenvalue weighted by Gasteiger charge is -2.33. The summed E-state index contributed by atoms with van der Waals surface area (Å²) < 4.78 is 0. The maximum absolute atomic E-state index is 6.07. The zero-order valence-electron chi connectivity index (χ0n) is 9.44. The van der Waals surface area contributed by atoms with Crippen LogP contribution in [0.5, 0.6) is 0 Å². The maximum Gasteiger partial charge on any atom is 0.147 e. The molecule has 16 heavy (non-hydrogen) atoms. The summed E-state index contributed by atoms with van der Waals surface area (Å²) in [6.45, 7) is 0.627. The number of hydrazine groups is 1. The highest BCUT2D eigenvalue weighted by Crippen LogP contribution is 2.34. The van der Waals surface area contributed by atoms with Gasteiger partial charge in [-0.15, -0.1) is 0 Å². The largest absolute Gasteiger partial charge is 0.397 e. The van der Waals surface area contributed by atoms with E-state index in [4.69, 9.17) is 17.3 Å². The van der Waals surface area contributed by atoms with Crippen LogP contribution in [0.15, 0.2) is 18.0 Å². The van der Waals surface area contributed by atoms with Gasteiger partial charge in [0.2, 0.25) is 0 Å². The molecule has 6 heteroatoms. The van der Waals surface area contributed by atoms with Crippen LogP contribution in [0, 0.1) is 0 Å². The number of anilines is 2. The Balaban J connectivity index is 2.63. The van der Waals surface area contributed by atoms with E-state index in [1.165, 1.54) is 5.01 Å². The van der Waals surface area contributed by atoms with Crippen molar-refractivity contribution in [2.75, 3.05) is 31.3 Å². The predicted molar refractivity (Wildman–Crippen MR) is 65.0 cm³/mol. The molecule has 0 spiro atoms. The van der Waals surface area contributed by atoms with Gasteiger partial charge in [0.25, 0.3) is 0 Å². The zero-order chi connectivity index (χ0) is 11.9. The molecule has 0 unspecified atom stereocenters. The molecule has 2 rings (SSSR count). The zero-order valence-corrected chi connectivity index (χ0v) is 9.44. The number of nitrogens with two attached hydrogens (primary N) is 3. The summed E-state index contributed by atoms with van der Waals surface area (Å²) >= 11 is 0. The van der Waals surface area contributed by atoms with Crippen LogP contribution in [0.1, 0.15) is 5.56 Å². The summed E-state index contributed by atoms with van der Waals surface area (Å²) in [5, 5.41) is 1.53. The SMILES string of the molecule is CN(N)C1=C(N)c2ccnc(N)c2N(C)C1. The van der Waals surface area contributed by atoms with Crippen molar-refractivity contribution in [3.63, 3.8) is 0 Å². The van der Waals surface area contributed by atoms with Gasteiger partial charge in [0.1, 0.15) is 5.82 Å². The predicted octanol–water partition coefficient (Wildman–Crippen LogP) is -0.454. The molecule has 0 aromatic carbocycles. The van der Waals surface area contributed by atoms with Gasteiger partial charge < -0.3 is 21.4 Å². The van der Waals surface area contributed by atoms with Crippen LogP contribution in [0.2, 0.25) is 0 Å². The number of likely N-dealkylation sites (N-methyl/N-ethyl adjacent to an activating group) is 2. The fourth-order valence-corrected chi connectivity index (χ4v) is 1.93. The highest BCUT2D eigenvalue weighted by atomic mass is 15.4. The molecule has 0 radical (unpaired) electrons. The lowest BCUT2D eigenvalue weighted by Crippen LogP contribution is -2.38. The van der Waals surface area contributed by atoms with Gasteiger partial charge in [0.15, 0.2) is 0 Å². The first-order valence-corrected chi connectivity index (χ1v) is 4.95. The van der Waals surface area contributed by atoms with Crippen molar-refractivity contribution in [3.05, 3.63) is 23.5 Å². The molecule has 2 heterocycles. The third-order valence-electron chi connectivity index (χ3n) is 2.75. The molecule has 1 aromatic rings. The normalized spacial score (nSPS) is 15.1. The smallest absolute Gasteiger partial charge is 0.147 e. The quantitative estimate of drug-likeness (QED) is 0.438. The standard InChI is InChI=1S/C10H16N6/c1-15-5-7(16(2)13)8(11)6-3-4-14-10(12)9(6)15/h3-4H,5,11,13H2,1-2H3,(H2,12,14). The van der Waals surface area contributed by atoms with Crippen LogP contribution in [0.3, 0.4) is 0 Å². The molecule has 0 bridgehead atoms. The minimum Gasteiger partial charge on any atom is -0.397 e. The van der Waals surface area contributed by atoms with Crippen LogP contribution in [-0.2, 0) is 0 Å². The van der Waals surface area contributed by atoms with Crippen molar-refractivity contribution in [1.82, 2.24) is 9.99 Å². The van der Waals surface area contributed by atoms with Gasteiger partial charge in [-0.3, -0.25) is 0 Å². The molecule has 0 atom stereocenters. The van der Waals surface area contributed by atoms with Crippen molar-refractivity contribution in [2.24, 2.45) is 11.6 Å². The molecule has 0 amide bonds. The Labute approximate surface area is 94.3 Å². The van der Waals surface area contributed by atoms with Gasteiger partial charge in [-0.1, -0.05) is 0 Å². The summed E-state index contributed by atoms with van der Waals surface area (Å²) in [4.78, 5) is 6.05. The molecule has 0 aliphatic carbocycles. The average Bonchev–Trinajstić information content (AvgIpc) is 2.22. The van der Waals surface area contributed by atoms with E-state index < -0.39 is 0 Å². The third kappa shape index (κ3) is 1.43. The summed E-state index contributed by atoms with van der Waals surface area (Å²) in [6, 6.07) is 1.85. The number of pyridine rings is 1. The molecule has 0 saturated carbocycles. The van der Waals surface area contributed by atoms with Crippen molar-refractivity contribution in [1.29, 1.82) is 0 Å². The second kappa shape index (κ2) is 3.57. The third-order valence-corrected chi connectivity index (χ3v) is 2.75. The molecule has 6 N–H and O–H groups in total. The first kappa shape index (κ1) is 10.6. The van der Waals surface area contributed by atoms with Gasteiger partial charge in [0, 0.05) is 25.9 Å². The van der Waals surface area contributed by atoms with Gasteiger partial charge >= 0.3 is 0 Å². The summed E-state index contributed by atoms with van der Waals surface area (Å²) in [5.41, 5.74) is 15.2. The first-order chi connectivity index (χ1) is 7.52. The van der Waals surface area contributed by atoms with Crippen LogP contribution >= 0.6 is 0 Å². The molecule has 0 saturated heterocycles. The minimum absolute atomic E-state index is 0.488. The molecule has 1 aliphatic rings. The minimum atomic E-state index is 0.488. The summed E-state index contributed by atoms with van der Waals surface area (Å²) in [6.07, 6.45) is 1.65. The molecular weight excluding hydrogens is 204 g/mol. The monoisotopic (exact) mass is 220 g/mol. The Morgan fingerprint density at radius 3 is 2.75 bits per heavy atom. The van der Waals surface area contributed by atoms with E-state index in [0.29, 0.717) is 18.1 Å². The molecule has 86 valence electrons. The van der Waals surface area contributed by atoms with Crippen molar-refractivity contribution in [3.8, 4) is 0 Å². The van der Waals surface area contributed by atoms with E-state index in [2.05, 4.69) is 4.98 Å². The number of aromatic nitrogens is 1. The summed E-state index contributed by atoms with van der Waals surface area (Å²) in [7, 11) is 3.71. The Bertz CT molecular complexity index is 451. The Morgan fingerprint density at radius 2 is 2.12 bits per heavy atom. The van der Waals surface area contributed by atoms with Crippen molar-refractivity contribution < 1.29 is 0 Å². The van der Waals surface area contributed by atoms with Gasteiger partial charge in [-0.2, -0.15) is 0 Å². The van der Waals surface area contributed by atoms with E-state index in [0.717, 1.165) is 16.9 Å². The Kier molecular flexibility index (Phi) is 2.35. The van der Waals surface area contributed by atoms with Gasteiger partial charge in [0.05, 0.1) is 23.6 Å². The fourth-order valence-electron chi connectivity index (χ4n) is 1.93. The number of hydrogen-bond acceptors (Lipinski definition) is 6. The molecular formula is C10H16N6. The van der Waals surface area contributed by atoms with E-state index in [1.807, 2.05) is 18.0 Å². The lowest BCUT2D eigenvalue weighted by atomic mass is 10.0. The lowest BCUT2D eigenvalue weighted by molar-refractivity contribution is 0.431. The topological polar surface area (TPSA) is 97.4 Å². The van der Waals surface area contributed by atoms with Crippen LogP contribution in [-0.4, -0.2) is 30.6 Å². The van der Waals surface area contributed by atoms with E-state index >= 15 is 0 Å². The number of nitrogen functional groups attached to an aromatic ring is 1. The van der Waals surface area contributed by atoms with Crippen LogP contribution < -0.4 is 22.2 Å². The van der Waals surface area contributed by atoms with E-state index in [-0.39, 0.29) is 0 Å². The molecule has 1 aromatic heterocycles. The molecule has 6 nitrogen and oxygen atoms in total. The van der Waals surface area contributed by atoms with Gasteiger partial charge in [-0.05, 0) is 6.07 Å². The highest BCUT2D eigenvalue weighted by Gasteiger charge is 2.24. The maximum atomic E-state index is 6.07. The molecule has 1 aliphatic heterocycles. The average molecular weight is 220 g/mol. The second-order valence-corrected chi connectivity index (χ2v) is 3.92. The van der Waals surface area contributed by atoms with Gasteiger partial charge in [-0.25, -0.2) is 10.8 Å². The van der Waals surface area contributed by atoms with E-state index in [9.17, 15) is 0 Å². The molecule has 0 fully saturated rings. The highest BCUT2D eigenvalue weighted by molar-refractivity contribution is 5.85. The number of rotatable bonds is 1. The van der Waals surface area contributed by atoms with Crippen molar-refractivity contribution >= 4 is 17.2 Å². The summed E-state index contributed by atoms with van der Waals surface area (Å²) in [5.74, 6) is 6.22. The number of nitrogens with zero attached hydrogens (tertiary/aromatic N) is 3. The van der Waals surface area contributed by atoms with Crippen LogP contribution in [0.25, 0.3) is 5.70 Å². The number of hydrogen-bond donors (Lipinski definition) is 3. The second-order valence-electron chi connectivity index (χ2n) is 3.92. The Hall–Kier alpha value is -1.95. The Morgan fingerprint density at radius 1 is 1.44 bits per heavy atom. The number of fused-ring (bicyclic) bond motifs is 1. The first-order valence-electron chi connectivity index (χ1n) is 4.95. The fraction of sp³-hybridized carbons (Fsp3) is 0.300. The van der Waals surface area contributed by atoms with Crippen LogP contribution in [0.4, 0.5) is 11.5 Å².